The predicted octanol–water partition coefficient (Wildman–Crippen LogP) is 11.6. The molecule has 2 aliphatic rings. The Balaban J connectivity index is 1.14. The van der Waals surface area contributed by atoms with Crippen LogP contribution in [0.1, 0.15) is 64.5 Å². The van der Waals surface area contributed by atoms with E-state index in [2.05, 4.69) is 98.5 Å². The van der Waals surface area contributed by atoms with Crippen molar-refractivity contribution in [3.63, 3.8) is 0 Å². The Bertz CT molecular complexity index is 2220. The number of hydrogen-bond donors (Lipinski definition) is 0. The number of halogens is 2. The van der Waals surface area contributed by atoms with Crippen molar-refractivity contribution < 1.29 is 18.9 Å². The van der Waals surface area contributed by atoms with E-state index in [1.807, 2.05) is 64.6 Å². The normalized spacial score (nSPS) is 15.5. The zero-order valence-electron chi connectivity index (χ0n) is 38.0. The maximum Gasteiger partial charge on any atom is 0.337 e. The van der Waals surface area contributed by atoms with Crippen molar-refractivity contribution in [2.24, 2.45) is 0 Å². The van der Waals surface area contributed by atoms with Crippen molar-refractivity contribution in [2.45, 2.75) is 78.6 Å². The van der Waals surface area contributed by atoms with E-state index in [9.17, 15) is 0 Å². The molecule has 65 heavy (non-hydrogen) atoms. The third kappa shape index (κ3) is 10.5. The van der Waals surface area contributed by atoms with Crippen molar-refractivity contribution in [1.29, 1.82) is 0 Å². The highest BCUT2D eigenvalue weighted by Crippen LogP contribution is 2.44. The van der Waals surface area contributed by atoms with E-state index in [1.54, 1.807) is 0 Å². The van der Waals surface area contributed by atoms with Gasteiger partial charge in [0.2, 0.25) is 0 Å². The molecule has 0 saturated carbocycles. The van der Waals surface area contributed by atoms with E-state index in [4.69, 9.17) is 50.5 Å². The molecular weight excluding hydrogens is 902 g/mol. The summed E-state index contributed by atoms with van der Waals surface area (Å²) in [5, 5.41) is 0.517. The third-order valence-corrected chi connectivity index (χ3v) is 13.7. The summed E-state index contributed by atoms with van der Waals surface area (Å²) in [6, 6.07) is 29.3. The van der Waals surface area contributed by atoms with E-state index in [-0.39, 0.29) is 12.1 Å². The van der Waals surface area contributed by atoms with Gasteiger partial charge in [0, 0.05) is 101 Å². The molecule has 2 fully saturated rings. The number of piperidine rings is 2. The van der Waals surface area contributed by atoms with Crippen LogP contribution in [0.2, 0.25) is 5.02 Å². The summed E-state index contributed by atoms with van der Waals surface area (Å²) in [5.41, 5.74) is 6.39. The van der Waals surface area contributed by atoms with E-state index in [1.165, 1.54) is 0 Å². The van der Waals surface area contributed by atoms with Gasteiger partial charge in [0.05, 0.1) is 26.4 Å². The molecule has 13 heteroatoms. The average Bonchev–Trinajstić information content (AvgIpc) is 3.34. The lowest BCUT2D eigenvalue weighted by atomic mass is 9.92. The number of ether oxygens (including phenoxy) is 4. The lowest BCUT2D eigenvalue weighted by Gasteiger charge is -2.49. The van der Waals surface area contributed by atoms with Gasteiger partial charge in [-0.15, -0.1) is 0 Å². The summed E-state index contributed by atoms with van der Waals surface area (Å²) in [5.74, 6) is 4.40. The summed E-state index contributed by atoms with van der Waals surface area (Å²) >= 11 is 10.4. The Labute approximate surface area is 397 Å². The predicted molar refractivity (Wildman–Crippen MR) is 263 cm³/mol. The van der Waals surface area contributed by atoms with Crippen LogP contribution in [0, 0.1) is 0 Å². The lowest BCUT2D eigenvalue weighted by molar-refractivity contribution is 0.0709. The molecule has 4 heterocycles. The molecule has 2 aromatic heterocycles. The van der Waals surface area contributed by atoms with Gasteiger partial charge in [0.1, 0.15) is 44.6 Å². The SMILES string of the molecule is CCOc1cc(CN2CCC([N+](c3ncc(-c4ccccc4)cn3)(c3ncc(-c4ccccc4)cn3)C3CCN(Cc4cc(OCC)c(Br)c(OCC)c4)CC3)CC2)cc(OCC)c1Cl. The first-order valence-electron chi connectivity index (χ1n) is 23.1. The number of rotatable bonds is 18. The highest BCUT2D eigenvalue weighted by molar-refractivity contribution is 9.10. The fraction of sp³-hybridized carbons (Fsp3) is 0.385. The average molecular weight is 962 g/mol. The minimum atomic E-state index is 0.116. The Morgan fingerprint density at radius 3 is 1.22 bits per heavy atom. The van der Waals surface area contributed by atoms with E-state index < -0.39 is 0 Å². The van der Waals surface area contributed by atoms with Gasteiger partial charge in [0.15, 0.2) is 0 Å². The Hall–Kier alpha value is -5.11. The van der Waals surface area contributed by atoms with Gasteiger partial charge in [-0.1, -0.05) is 72.3 Å². The molecule has 0 amide bonds. The zero-order valence-corrected chi connectivity index (χ0v) is 40.3. The maximum atomic E-state index is 6.72. The van der Waals surface area contributed by atoms with E-state index >= 15 is 0 Å². The molecule has 0 N–H and O–H groups in total. The van der Waals surface area contributed by atoms with Crippen LogP contribution in [-0.2, 0) is 13.1 Å². The highest BCUT2D eigenvalue weighted by Gasteiger charge is 2.54. The van der Waals surface area contributed by atoms with Crippen molar-refractivity contribution in [2.75, 3.05) is 52.6 Å². The zero-order chi connectivity index (χ0) is 45.2. The second-order valence-corrected chi connectivity index (χ2v) is 17.8. The number of nitrogens with zero attached hydrogens (tertiary/aromatic N) is 7. The fourth-order valence-corrected chi connectivity index (χ4v) is 10.3. The first-order chi connectivity index (χ1) is 31.8. The molecule has 0 aliphatic carbocycles. The fourth-order valence-electron chi connectivity index (χ4n) is 9.59. The first-order valence-corrected chi connectivity index (χ1v) is 24.3. The summed E-state index contributed by atoms with van der Waals surface area (Å²) in [4.78, 5) is 26.3. The summed E-state index contributed by atoms with van der Waals surface area (Å²) in [6.07, 6.45) is 11.6. The standard InChI is InChI=1S/C52H60BrClN7O4/c1-5-62-45-27-37(28-46(49(45)53)63-6-2)35-59-23-19-43(20-24-59)61(51-55-31-41(32-56-51)39-15-11-9-12-16-39,52-57-33-42(34-58-52)40-17-13-10-14-18-40)44-21-25-60(26-22-44)36-38-29-47(64-7-3)50(54)48(30-38)65-8-4/h9-18,27-34,43-44H,5-8,19-26,35-36H2,1-4H3/q+1. The smallest absolute Gasteiger partial charge is 0.337 e. The Kier molecular flexibility index (Phi) is 15.7. The number of hydrogen-bond acceptors (Lipinski definition) is 10. The van der Waals surface area contributed by atoms with Crippen LogP contribution in [0.25, 0.3) is 22.3 Å². The van der Waals surface area contributed by atoms with Crippen molar-refractivity contribution in [3.05, 3.63) is 130 Å². The lowest BCUT2D eigenvalue weighted by Crippen LogP contribution is -2.65. The molecule has 0 unspecified atom stereocenters. The molecule has 0 bridgehead atoms. The molecular formula is C52H60BrClN7O4+. The van der Waals surface area contributed by atoms with Crippen LogP contribution in [0.4, 0.5) is 11.9 Å². The van der Waals surface area contributed by atoms with Gasteiger partial charge in [-0.05, 0) is 90.1 Å². The van der Waals surface area contributed by atoms with Gasteiger partial charge in [-0.3, -0.25) is 9.80 Å². The largest absolute Gasteiger partial charge is 0.493 e. The summed E-state index contributed by atoms with van der Waals surface area (Å²) in [6.45, 7) is 15.2. The Morgan fingerprint density at radius 1 is 0.523 bits per heavy atom. The van der Waals surface area contributed by atoms with Crippen LogP contribution in [0.5, 0.6) is 23.0 Å². The van der Waals surface area contributed by atoms with Crippen LogP contribution < -0.4 is 23.4 Å². The summed E-state index contributed by atoms with van der Waals surface area (Å²) in [7, 11) is 0. The molecule has 11 nitrogen and oxygen atoms in total. The number of quaternary nitrogens is 1. The molecule has 0 atom stereocenters. The number of likely N-dealkylation sites (tertiary alicyclic amines) is 2. The second-order valence-electron chi connectivity index (χ2n) is 16.6. The minimum absolute atomic E-state index is 0.116. The van der Waals surface area contributed by atoms with Gasteiger partial charge in [-0.25, -0.2) is 0 Å². The monoisotopic (exact) mass is 960 g/mol. The molecule has 2 saturated heterocycles. The molecule has 0 spiro atoms. The highest BCUT2D eigenvalue weighted by atomic mass is 79.9. The van der Waals surface area contributed by atoms with Crippen LogP contribution in [0.15, 0.2) is 114 Å². The van der Waals surface area contributed by atoms with Crippen LogP contribution in [0.3, 0.4) is 0 Å². The van der Waals surface area contributed by atoms with E-state index in [0.29, 0.717) is 47.4 Å². The molecule has 340 valence electrons. The second kappa shape index (κ2) is 21.9. The number of benzene rings is 4. The molecule has 0 radical (unpaired) electrons. The van der Waals surface area contributed by atoms with Gasteiger partial charge < -0.3 is 18.9 Å². The minimum Gasteiger partial charge on any atom is -0.493 e. The number of aromatic nitrogens is 4. The third-order valence-electron chi connectivity index (χ3n) is 12.6. The first kappa shape index (κ1) is 46.4. The van der Waals surface area contributed by atoms with Gasteiger partial charge >= 0.3 is 11.9 Å². The molecule has 4 aromatic carbocycles. The van der Waals surface area contributed by atoms with Crippen molar-refractivity contribution >= 4 is 39.4 Å². The maximum absolute atomic E-state index is 6.72. The topological polar surface area (TPSA) is 95.0 Å². The van der Waals surface area contributed by atoms with Crippen molar-refractivity contribution in [3.8, 4) is 45.3 Å². The van der Waals surface area contributed by atoms with Crippen molar-refractivity contribution in [1.82, 2.24) is 34.2 Å². The molecule has 6 aromatic rings. The van der Waals surface area contributed by atoms with Gasteiger partial charge in [-0.2, -0.15) is 24.4 Å². The quantitative estimate of drug-likeness (QED) is 0.0775. The van der Waals surface area contributed by atoms with E-state index in [0.717, 1.165) is 126 Å². The molecule has 2 aliphatic heterocycles. The molecule has 8 rings (SSSR count). The van der Waals surface area contributed by atoms with Crippen LogP contribution >= 0.6 is 27.5 Å². The van der Waals surface area contributed by atoms with Crippen LogP contribution in [-0.4, -0.2) is 94.4 Å². The Morgan fingerprint density at radius 2 is 0.862 bits per heavy atom. The summed E-state index contributed by atoms with van der Waals surface area (Å²) < 4.78 is 25.2. The van der Waals surface area contributed by atoms with Gasteiger partial charge in [0.25, 0.3) is 0 Å².